The highest BCUT2D eigenvalue weighted by molar-refractivity contribution is 7.18. The molecule has 2 aromatic heterocycles. The number of fused-ring (bicyclic) bond motifs is 2. The van der Waals surface area contributed by atoms with Crippen LogP contribution in [-0.4, -0.2) is 23.8 Å². The number of thiophene rings is 1. The van der Waals surface area contributed by atoms with Crippen LogP contribution in [0.1, 0.15) is 11.1 Å². The molecule has 0 bridgehead atoms. The molecule has 2 amide bonds. The number of aromatic nitrogens is 1. The van der Waals surface area contributed by atoms with Crippen molar-refractivity contribution in [1.82, 2.24) is 10.3 Å². The zero-order chi connectivity index (χ0) is 18.3. The van der Waals surface area contributed by atoms with Gasteiger partial charge in [0.05, 0.1) is 6.42 Å². The van der Waals surface area contributed by atoms with Gasteiger partial charge in [-0.3, -0.25) is 9.59 Å². The first-order valence-electron chi connectivity index (χ1n) is 8.05. The number of hydrogen-bond acceptors (Lipinski definition) is 5. The van der Waals surface area contributed by atoms with Crippen LogP contribution in [0.4, 0.5) is 11.5 Å². The number of nitrogen functional groups attached to an aromatic ring is 1. The van der Waals surface area contributed by atoms with E-state index in [1.54, 1.807) is 30.7 Å². The minimum atomic E-state index is -0.178. The molecule has 6 nitrogen and oxygen atoms in total. The van der Waals surface area contributed by atoms with Crippen LogP contribution in [0.25, 0.3) is 27.3 Å². The molecule has 0 radical (unpaired) electrons. The lowest BCUT2D eigenvalue weighted by Gasteiger charge is -2.06. The summed E-state index contributed by atoms with van der Waals surface area (Å²) in [4.78, 5) is 27.3. The van der Waals surface area contributed by atoms with Crippen LogP contribution in [0.3, 0.4) is 0 Å². The van der Waals surface area contributed by atoms with Crippen molar-refractivity contribution >= 4 is 50.8 Å². The molecule has 4 rings (SSSR count). The van der Waals surface area contributed by atoms with E-state index in [2.05, 4.69) is 15.6 Å². The molecule has 0 aliphatic carbocycles. The van der Waals surface area contributed by atoms with Crippen molar-refractivity contribution in [3.05, 3.63) is 47.0 Å². The Kier molecular flexibility index (Phi) is 3.93. The lowest BCUT2D eigenvalue weighted by atomic mass is 10.0. The van der Waals surface area contributed by atoms with Crippen molar-refractivity contribution < 1.29 is 9.59 Å². The quantitative estimate of drug-likeness (QED) is 0.623. The number of pyridine rings is 1. The van der Waals surface area contributed by atoms with Gasteiger partial charge in [-0.05, 0) is 34.7 Å². The normalized spacial score (nSPS) is 13.2. The first-order valence-corrected chi connectivity index (χ1v) is 8.93. The fourth-order valence-electron chi connectivity index (χ4n) is 3.06. The molecule has 3 aromatic rings. The number of anilines is 2. The number of nitrogens with zero attached hydrogens (tertiary/aromatic N) is 1. The maximum Gasteiger partial charge on any atom is 0.243 e. The van der Waals surface area contributed by atoms with Gasteiger partial charge < -0.3 is 16.4 Å². The highest BCUT2D eigenvalue weighted by atomic mass is 32.1. The fourth-order valence-corrected chi connectivity index (χ4v) is 4.14. The largest absolute Gasteiger partial charge is 0.383 e. The maximum atomic E-state index is 11.6. The summed E-state index contributed by atoms with van der Waals surface area (Å²) in [6, 6.07) is 5.90. The van der Waals surface area contributed by atoms with E-state index in [0.717, 1.165) is 38.0 Å². The van der Waals surface area contributed by atoms with Crippen molar-refractivity contribution in [2.75, 3.05) is 18.1 Å². The van der Waals surface area contributed by atoms with E-state index in [1.807, 2.05) is 23.6 Å². The Morgan fingerprint density at radius 2 is 2.27 bits per heavy atom. The Morgan fingerprint density at radius 1 is 1.42 bits per heavy atom. The smallest absolute Gasteiger partial charge is 0.243 e. The van der Waals surface area contributed by atoms with E-state index in [1.165, 1.54) is 6.08 Å². The van der Waals surface area contributed by atoms with Gasteiger partial charge in [0.1, 0.15) is 5.82 Å². The van der Waals surface area contributed by atoms with Gasteiger partial charge in [0.15, 0.2) is 0 Å². The summed E-state index contributed by atoms with van der Waals surface area (Å²) in [6.07, 6.45) is 5.26. The minimum absolute atomic E-state index is 0.00938. The number of rotatable bonds is 3. The van der Waals surface area contributed by atoms with Crippen molar-refractivity contribution in [3.8, 4) is 11.1 Å². The molecule has 4 N–H and O–H groups in total. The van der Waals surface area contributed by atoms with Crippen LogP contribution >= 0.6 is 11.3 Å². The second kappa shape index (κ2) is 6.27. The number of nitrogens with two attached hydrogens (primary N) is 1. The average molecular weight is 364 g/mol. The van der Waals surface area contributed by atoms with Gasteiger partial charge in [-0.25, -0.2) is 4.98 Å². The summed E-state index contributed by atoms with van der Waals surface area (Å²) in [5.74, 6) is 0.278. The molecule has 3 heterocycles. The number of nitrogens with one attached hydrogen (secondary N) is 2. The van der Waals surface area contributed by atoms with E-state index >= 15 is 0 Å². The first kappa shape index (κ1) is 16.3. The summed E-state index contributed by atoms with van der Waals surface area (Å²) in [6.45, 7) is 0. The van der Waals surface area contributed by atoms with Gasteiger partial charge in [-0.15, -0.1) is 11.3 Å². The molecule has 0 spiro atoms. The molecule has 1 aliphatic rings. The monoisotopic (exact) mass is 364 g/mol. The number of hydrogen-bond donors (Lipinski definition) is 3. The Labute approximate surface area is 153 Å². The fraction of sp³-hybridized carbons (Fsp3) is 0.105. The molecule has 0 saturated heterocycles. The van der Waals surface area contributed by atoms with Crippen LogP contribution in [-0.2, 0) is 16.0 Å². The molecule has 0 saturated carbocycles. The van der Waals surface area contributed by atoms with Crippen LogP contribution in [0.2, 0.25) is 0 Å². The van der Waals surface area contributed by atoms with E-state index in [9.17, 15) is 9.59 Å². The third-order valence-corrected chi connectivity index (χ3v) is 5.38. The van der Waals surface area contributed by atoms with Gasteiger partial charge in [-0.1, -0.05) is 6.07 Å². The van der Waals surface area contributed by atoms with Crippen molar-refractivity contribution in [3.63, 3.8) is 0 Å². The molecule has 7 heteroatoms. The zero-order valence-electron chi connectivity index (χ0n) is 14.0. The lowest BCUT2D eigenvalue weighted by Crippen LogP contribution is -2.13. The molecule has 130 valence electrons. The third kappa shape index (κ3) is 2.72. The highest BCUT2D eigenvalue weighted by Gasteiger charge is 2.19. The first-order chi connectivity index (χ1) is 12.6. The van der Waals surface area contributed by atoms with Crippen LogP contribution in [0, 0.1) is 0 Å². The predicted octanol–water partition coefficient (Wildman–Crippen LogP) is 2.80. The third-order valence-electron chi connectivity index (χ3n) is 4.35. The van der Waals surface area contributed by atoms with E-state index in [0.29, 0.717) is 12.2 Å². The summed E-state index contributed by atoms with van der Waals surface area (Å²) in [7, 11) is 1.58. The van der Waals surface area contributed by atoms with E-state index in [4.69, 9.17) is 5.73 Å². The number of amides is 2. The summed E-state index contributed by atoms with van der Waals surface area (Å²) < 4.78 is 0.974. The van der Waals surface area contributed by atoms with E-state index < -0.39 is 0 Å². The second-order valence-electron chi connectivity index (χ2n) is 6.00. The zero-order valence-corrected chi connectivity index (χ0v) is 14.8. The standard InChI is InChI=1S/C19H16N4O2S/c1-21-15(24)5-3-11-8-22-19(20)17-13(9-26-18(11)17)10-2-4-14-12(6-10)7-16(25)23-14/h2-6,8-9H,7H2,1H3,(H2,20,22)(H,21,24)(H,23,25)/b5-3+. The number of likely N-dealkylation sites (N-methyl/N-ethyl adjacent to an activating group) is 1. The Balaban J connectivity index is 1.83. The number of carbonyl (C=O) groups excluding carboxylic acids is 2. The molecule has 0 fully saturated rings. The van der Waals surface area contributed by atoms with Gasteiger partial charge in [0, 0.05) is 46.2 Å². The van der Waals surface area contributed by atoms with Gasteiger partial charge in [0.25, 0.3) is 0 Å². The van der Waals surface area contributed by atoms with E-state index in [-0.39, 0.29) is 11.8 Å². The molecule has 1 aliphatic heterocycles. The van der Waals surface area contributed by atoms with Crippen LogP contribution < -0.4 is 16.4 Å². The van der Waals surface area contributed by atoms with Crippen molar-refractivity contribution in [1.29, 1.82) is 0 Å². The Hall–Kier alpha value is -3.19. The lowest BCUT2D eigenvalue weighted by molar-refractivity contribution is -0.116. The van der Waals surface area contributed by atoms with Gasteiger partial charge in [0.2, 0.25) is 11.8 Å². The molecular formula is C19H16N4O2S. The topological polar surface area (TPSA) is 97.1 Å². The molecule has 1 aromatic carbocycles. The number of carbonyl (C=O) groups is 2. The predicted molar refractivity (Wildman–Crippen MR) is 105 cm³/mol. The SMILES string of the molecule is CNC(=O)/C=C/c1cnc(N)c2c(-c3ccc4c(c3)CC(=O)N4)csc12. The van der Waals surface area contributed by atoms with Crippen LogP contribution in [0.5, 0.6) is 0 Å². The molecule has 0 atom stereocenters. The molecule has 26 heavy (non-hydrogen) atoms. The molecular weight excluding hydrogens is 348 g/mol. The van der Waals surface area contributed by atoms with Crippen molar-refractivity contribution in [2.45, 2.75) is 6.42 Å². The highest BCUT2D eigenvalue weighted by Crippen LogP contribution is 2.40. The van der Waals surface area contributed by atoms with Gasteiger partial charge >= 0.3 is 0 Å². The number of benzene rings is 1. The van der Waals surface area contributed by atoms with Gasteiger partial charge in [-0.2, -0.15) is 0 Å². The summed E-state index contributed by atoms with van der Waals surface area (Å²) in [5.41, 5.74) is 10.8. The molecule has 0 unspecified atom stereocenters. The Bertz CT molecular complexity index is 1080. The summed E-state index contributed by atoms with van der Waals surface area (Å²) >= 11 is 1.56. The van der Waals surface area contributed by atoms with Crippen LogP contribution in [0.15, 0.2) is 35.9 Å². The summed E-state index contributed by atoms with van der Waals surface area (Å²) in [5, 5.41) is 8.29. The average Bonchev–Trinajstić information content (AvgIpc) is 3.23. The second-order valence-corrected chi connectivity index (χ2v) is 6.88. The maximum absolute atomic E-state index is 11.6. The minimum Gasteiger partial charge on any atom is -0.383 e. The Morgan fingerprint density at radius 3 is 3.08 bits per heavy atom. The van der Waals surface area contributed by atoms with Crippen molar-refractivity contribution in [2.24, 2.45) is 0 Å².